The van der Waals surface area contributed by atoms with Crippen molar-refractivity contribution >= 4 is 11.8 Å². The predicted molar refractivity (Wildman–Crippen MR) is 151 cm³/mol. The Labute approximate surface area is 253 Å². The van der Waals surface area contributed by atoms with Gasteiger partial charge in [0, 0.05) is 43.9 Å². The van der Waals surface area contributed by atoms with Crippen LogP contribution >= 0.6 is 0 Å². The Kier molecular flexibility index (Phi) is 9.63. The van der Waals surface area contributed by atoms with Crippen molar-refractivity contribution in [2.45, 2.75) is 94.8 Å². The Morgan fingerprint density at radius 3 is 2.09 bits per heavy atom. The van der Waals surface area contributed by atoms with E-state index in [4.69, 9.17) is 4.74 Å². The smallest absolute Gasteiger partial charge is 0.370 e. The molecule has 240 valence electrons. The molecule has 1 aliphatic carbocycles. The molecule has 44 heavy (non-hydrogen) atoms. The van der Waals surface area contributed by atoms with Crippen LogP contribution in [0, 0.1) is 5.92 Å². The minimum absolute atomic E-state index is 0.0496. The van der Waals surface area contributed by atoms with Gasteiger partial charge in [-0.25, -0.2) is 0 Å². The van der Waals surface area contributed by atoms with Crippen LogP contribution in [0.1, 0.15) is 92.6 Å². The number of hydrogen-bond acceptors (Lipinski definition) is 3. The summed E-state index contributed by atoms with van der Waals surface area (Å²) in [5.41, 5.74) is -2.08. The molecule has 5 nitrogen and oxygen atoms in total. The third-order valence-corrected chi connectivity index (χ3v) is 9.39. The van der Waals surface area contributed by atoms with Gasteiger partial charge in [-0.05, 0) is 81.2 Å². The lowest BCUT2D eigenvalue weighted by molar-refractivity contribution is -0.143. The highest BCUT2D eigenvalue weighted by Crippen LogP contribution is 2.40. The molecule has 11 heteroatoms. The molecule has 2 amide bonds. The van der Waals surface area contributed by atoms with Crippen LogP contribution in [0.2, 0.25) is 0 Å². The second-order valence-electron chi connectivity index (χ2n) is 12.3. The third-order valence-electron chi connectivity index (χ3n) is 9.39. The van der Waals surface area contributed by atoms with Crippen molar-refractivity contribution in [1.82, 2.24) is 9.80 Å². The van der Waals surface area contributed by atoms with Crippen LogP contribution in [0.4, 0.5) is 26.3 Å². The van der Waals surface area contributed by atoms with Crippen LogP contribution in [0.5, 0.6) is 0 Å². The fraction of sp³-hybridized carbons (Fsp3) is 0.576. The summed E-state index contributed by atoms with van der Waals surface area (Å²) in [6.45, 7) is 2.95. The normalized spacial score (nSPS) is 26.0. The van der Waals surface area contributed by atoms with E-state index in [0.717, 1.165) is 37.8 Å². The molecule has 2 aliphatic heterocycles. The van der Waals surface area contributed by atoms with Gasteiger partial charge in [0.1, 0.15) is 0 Å². The maximum absolute atomic E-state index is 13.7. The molecule has 2 saturated heterocycles. The maximum Gasteiger partial charge on any atom is 0.416 e. The number of carbonyl (C=O) groups excluding carboxylic acids is 2. The molecule has 2 aromatic carbocycles. The van der Waals surface area contributed by atoms with E-state index in [1.165, 1.54) is 6.92 Å². The van der Waals surface area contributed by atoms with Crippen LogP contribution < -0.4 is 0 Å². The minimum Gasteiger partial charge on any atom is -0.370 e. The van der Waals surface area contributed by atoms with Crippen LogP contribution in [0.3, 0.4) is 0 Å². The van der Waals surface area contributed by atoms with E-state index >= 15 is 0 Å². The van der Waals surface area contributed by atoms with E-state index in [1.54, 1.807) is 0 Å². The van der Waals surface area contributed by atoms with Crippen molar-refractivity contribution in [3.63, 3.8) is 0 Å². The molecular formula is C33H38F6N2O3. The first-order valence-electron chi connectivity index (χ1n) is 15.4. The van der Waals surface area contributed by atoms with Gasteiger partial charge < -0.3 is 14.5 Å². The van der Waals surface area contributed by atoms with E-state index in [0.29, 0.717) is 50.9 Å². The van der Waals surface area contributed by atoms with Gasteiger partial charge in [0.25, 0.3) is 0 Å². The number of piperidine rings is 2. The van der Waals surface area contributed by atoms with E-state index < -0.39 is 35.7 Å². The van der Waals surface area contributed by atoms with Gasteiger partial charge >= 0.3 is 12.4 Å². The molecule has 0 spiro atoms. The molecule has 0 unspecified atom stereocenters. The van der Waals surface area contributed by atoms with Crippen molar-refractivity contribution in [2.75, 3.05) is 19.6 Å². The highest BCUT2D eigenvalue weighted by molar-refractivity contribution is 5.79. The first kappa shape index (κ1) is 32.3. The molecule has 0 aromatic heterocycles. The van der Waals surface area contributed by atoms with Gasteiger partial charge in [0.15, 0.2) is 0 Å². The first-order chi connectivity index (χ1) is 20.8. The zero-order valence-corrected chi connectivity index (χ0v) is 24.7. The second-order valence-corrected chi connectivity index (χ2v) is 12.3. The number of hydrogen-bond donors (Lipinski definition) is 0. The lowest BCUT2D eigenvalue weighted by Gasteiger charge is -2.43. The molecule has 2 heterocycles. The largest absolute Gasteiger partial charge is 0.416 e. The van der Waals surface area contributed by atoms with E-state index in [1.807, 2.05) is 40.1 Å². The highest BCUT2D eigenvalue weighted by atomic mass is 19.4. The minimum atomic E-state index is -4.95. The second kappa shape index (κ2) is 13.1. The van der Waals surface area contributed by atoms with Gasteiger partial charge in [0.2, 0.25) is 11.8 Å². The number of likely N-dealkylation sites (tertiary alicyclic amines) is 2. The monoisotopic (exact) mass is 624 g/mol. The fourth-order valence-electron chi connectivity index (χ4n) is 6.97. The van der Waals surface area contributed by atoms with Gasteiger partial charge in [-0.3, -0.25) is 9.59 Å². The van der Waals surface area contributed by atoms with Gasteiger partial charge in [-0.15, -0.1) is 0 Å². The van der Waals surface area contributed by atoms with Crippen molar-refractivity contribution in [1.29, 1.82) is 0 Å². The Balaban J connectivity index is 1.29. The molecule has 3 atom stereocenters. The van der Waals surface area contributed by atoms with Gasteiger partial charge in [-0.1, -0.05) is 30.3 Å². The average Bonchev–Trinajstić information content (AvgIpc) is 3.00. The summed E-state index contributed by atoms with van der Waals surface area (Å²) >= 11 is 0. The summed E-state index contributed by atoms with van der Waals surface area (Å²) in [5, 5.41) is 0. The van der Waals surface area contributed by atoms with Crippen molar-refractivity contribution in [3.05, 3.63) is 70.8 Å². The van der Waals surface area contributed by atoms with Crippen molar-refractivity contribution in [2.24, 2.45) is 5.92 Å². The highest BCUT2D eigenvalue weighted by Gasteiger charge is 2.40. The Hall–Kier alpha value is -3.08. The van der Waals surface area contributed by atoms with Crippen LogP contribution in [0.15, 0.2) is 48.5 Å². The lowest BCUT2D eigenvalue weighted by atomic mass is 9.82. The third kappa shape index (κ3) is 7.41. The Bertz CT molecular complexity index is 1270. The summed E-state index contributed by atoms with van der Waals surface area (Å²) in [4.78, 5) is 29.9. The number of halogens is 6. The number of rotatable bonds is 6. The molecular weight excluding hydrogens is 586 g/mol. The van der Waals surface area contributed by atoms with E-state index in [-0.39, 0.29) is 41.3 Å². The number of amides is 2. The van der Waals surface area contributed by atoms with Crippen LogP contribution in [0.25, 0.3) is 0 Å². The fourth-order valence-corrected chi connectivity index (χ4v) is 6.97. The summed E-state index contributed by atoms with van der Waals surface area (Å²) in [6, 6.07) is 11.1. The Morgan fingerprint density at radius 2 is 1.50 bits per heavy atom. The number of carbonyl (C=O) groups is 2. The number of nitrogens with zero attached hydrogens (tertiary/aromatic N) is 2. The number of benzene rings is 2. The first-order valence-corrected chi connectivity index (χ1v) is 15.4. The van der Waals surface area contributed by atoms with Crippen molar-refractivity contribution < 1.29 is 40.7 Å². The molecule has 5 rings (SSSR count). The topological polar surface area (TPSA) is 49.9 Å². The van der Waals surface area contributed by atoms with Crippen LogP contribution in [-0.2, 0) is 26.7 Å². The summed E-state index contributed by atoms with van der Waals surface area (Å²) < 4.78 is 87.1. The van der Waals surface area contributed by atoms with E-state index in [2.05, 4.69) is 0 Å². The molecule has 0 radical (unpaired) electrons. The van der Waals surface area contributed by atoms with Gasteiger partial charge in [0.05, 0.1) is 23.3 Å². The predicted octanol–water partition coefficient (Wildman–Crippen LogP) is 7.76. The SMILES string of the molecule is C[C@@H](O[C@H]1CCN(C(=O)[C@H]2CC[C@H](N3CCCCC3=O)CC2)C[C@H]1c1ccccc1)c1cc(C(F)(F)F)cc(C(F)(F)F)c1. The number of ether oxygens (including phenoxy) is 1. The maximum atomic E-state index is 13.7. The average molecular weight is 625 g/mol. The summed E-state index contributed by atoms with van der Waals surface area (Å²) in [5.74, 6) is -0.210. The Morgan fingerprint density at radius 1 is 0.864 bits per heavy atom. The van der Waals surface area contributed by atoms with E-state index in [9.17, 15) is 35.9 Å². The zero-order valence-electron chi connectivity index (χ0n) is 24.7. The molecule has 0 bridgehead atoms. The molecule has 0 N–H and O–H groups in total. The summed E-state index contributed by atoms with van der Waals surface area (Å²) in [7, 11) is 0. The van der Waals surface area contributed by atoms with Gasteiger partial charge in [-0.2, -0.15) is 26.3 Å². The molecule has 1 saturated carbocycles. The molecule has 3 fully saturated rings. The standard InChI is InChI=1S/C33H38F6N2O3/c1-21(24-17-25(32(34,35)36)19-26(18-24)33(37,38)39)44-29-14-16-40(20-28(29)22-7-3-2-4-8-22)31(43)23-10-12-27(13-11-23)41-15-6-5-9-30(41)42/h2-4,7-8,17-19,21,23,27-29H,5-6,9-16,20H2,1H3/t21-,23-,27-,28+,29+/m1/s1. The molecule has 2 aromatic rings. The lowest BCUT2D eigenvalue weighted by Crippen LogP contribution is -2.50. The quantitative estimate of drug-likeness (QED) is 0.309. The number of alkyl halides is 6. The van der Waals surface area contributed by atoms with Crippen LogP contribution in [-0.4, -0.2) is 53.4 Å². The zero-order chi connectivity index (χ0) is 31.6. The molecule has 3 aliphatic rings. The summed E-state index contributed by atoms with van der Waals surface area (Å²) in [6.07, 6.45) is -5.57. The van der Waals surface area contributed by atoms with Crippen molar-refractivity contribution in [3.8, 4) is 0 Å².